The fourth-order valence-corrected chi connectivity index (χ4v) is 2.73. The molecule has 0 bridgehead atoms. The molecule has 0 aromatic rings. The number of hydrogen-bond donors (Lipinski definition) is 3. The molecule has 0 aromatic heterocycles. The van der Waals surface area contributed by atoms with Crippen LogP contribution < -0.4 is 5.73 Å². The lowest BCUT2D eigenvalue weighted by atomic mass is 9.83. The number of ether oxygens (including phenoxy) is 1. The average Bonchev–Trinajstić information content (AvgIpc) is 2.32. The molecule has 98 valence electrons. The van der Waals surface area contributed by atoms with Crippen molar-refractivity contribution in [2.75, 3.05) is 26.2 Å². The van der Waals surface area contributed by atoms with Crippen LogP contribution in [0.4, 0.5) is 0 Å². The van der Waals surface area contributed by atoms with Crippen molar-refractivity contribution in [1.29, 1.82) is 0 Å². The van der Waals surface area contributed by atoms with E-state index in [2.05, 4.69) is 10.1 Å². The SMILES string of the molecule is NC(CN1CCC2(CC1)C[C@H](O)CCO2)=NO. The molecule has 17 heavy (non-hydrogen) atoms. The minimum atomic E-state index is -0.223. The average molecular weight is 243 g/mol. The largest absolute Gasteiger partial charge is 0.409 e. The Hall–Kier alpha value is -0.850. The third-order valence-corrected chi connectivity index (χ3v) is 3.75. The first-order chi connectivity index (χ1) is 8.13. The van der Waals surface area contributed by atoms with E-state index in [-0.39, 0.29) is 17.5 Å². The molecule has 0 amide bonds. The molecule has 2 saturated heterocycles. The summed E-state index contributed by atoms with van der Waals surface area (Å²) in [5, 5.41) is 21.2. The second-order valence-corrected chi connectivity index (χ2v) is 5.05. The number of likely N-dealkylation sites (tertiary alicyclic amines) is 1. The van der Waals surface area contributed by atoms with Crippen LogP contribution in [0.15, 0.2) is 5.16 Å². The van der Waals surface area contributed by atoms with Gasteiger partial charge in [0, 0.05) is 26.1 Å². The van der Waals surface area contributed by atoms with Crippen LogP contribution in [0.5, 0.6) is 0 Å². The van der Waals surface area contributed by atoms with Crippen molar-refractivity contribution in [3.63, 3.8) is 0 Å². The number of nitrogens with zero attached hydrogens (tertiary/aromatic N) is 2. The molecule has 1 spiro atoms. The fourth-order valence-electron chi connectivity index (χ4n) is 2.73. The number of aliphatic hydroxyl groups excluding tert-OH is 1. The van der Waals surface area contributed by atoms with Gasteiger partial charge in [-0.2, -0.15) is 0 Å². The molecule has 2 aliphatic rings. The molecule has 4 N–H and O–H groups in total. The summed E-state index contributed by atoms with van der Waals surface area (Å²) in [5.41, 5.74) is 5.34. The molecule has 0 aliphatic carbocycles. The third-order valence-electron chi connectivity index (χ3n) is 3.75. The van der Waals surface area contributed by atoms with Crippen molar-refractivity contribution >= 4 is 5.84 Å². The maximum absolute atomic E-state index is 9.71. The summed E-state index contributed by atoms with van der Waals surface area (Å²) in [4.78, 5) is 2.14. The highest BCUT2D eigenvalue weighted by molar-refractivity contribution is 5.81. The van der Waals surface area contributed by atoms with Crippen LogP contribution in [-0.2, 0) is 4.74 Å². The number of nitrogens with two attached hydrogens (primary N) is 1. The van der Waals surface area contributed by atoms with Crippen LogP contribution in [0.3, 0.4) is 0 Å². The van der Waals surface area contributed by atoms with Crippen LogP contribution in [-0.4, -0.2) is 59.0 Å². The summed E-state index contributed by atoms with van der Waals surface area (Å²) < 4.78 is 5.86. The molecule has 2 rings (SSSR count). The Kier molecular flexibility index (Phi) is 3.86. The predicted octanol–water partition coefficient (Wildman–Crippen LogP) is -0.261. The number of aliphatic hydroxyl groups is 1. The first kappa shape index (κ1) is 12.6. The Labute approximate surface area is 101 Å². The fraction of sp³-hybridized carbons (Fsp3) is 0.909. The summed E-state index contributed by atoms with van der Waals surface area (Å²) in [6, 6.07) is 0. The molecule has 0 unspecified atom stereocenters. The van der Waals surface area contributed by atoms with Gasteiger partial charge in [0.2, 0.25) is 0 Å². The van der Waals surface area contributed by atoms with Gasteiger partial charge >= 0.3 is 0 Å². The summed E-state index contributed by atoms with van der Waals surface area (Å²) in [6.07, 6.45) is 3.07. The van der Waals surface area contributed by atoms with E-state index in [4.69, 9.17) is 15.7 Å². The minimum Gasteiger partial charge on any atom is -0.409 e. The Bertz CT molecular complexity index is 288. The summed E-state index contributed by atoms with van der Waals surface area (Å²) in [7, 11) is 0. The summed E-state index contributed by atoms with van der Waals surface area (Å²) >= 11 is 0. The van der Waals surface area contributed by atoms with Gasteiger partial charge < -0.3 is 20.8 Å². The molecule has 2 heterocycles. The second kappa shape index (κ2) is 5.20. The molecule has 6 nitrogen and oxygen atoms in total. The van der Waals surface area contributed by atoms with Gasteiger partial charge in [-0.1, -0.05) is 5.16 Å². The lowest BCUT2D eigenvalue weighted by molar-refractivity contribution is -0.141. The van der Waals surface area contributed by atoms with E-state index in [1.165, 1.54) is 0 Å². The van der Waals surface area contributed by atoms with E-state index in [1.54, 1.807) is 0 Å². The van der Waals surface area contributed by atoms with Gasteiger partial charge in [0.05, 0.1) is 18.2 Å². The molecular weight excluding hydrogens is 222 g/mol. The van der Waals surface area contributed by atoms with Crippen molar-refractivity contribution < 1.29 is 15.1 Å². The molecule has 1 atom stereocenters. The van der Waals surface area contributed by atoms with Gasteiger partial charge in [0.1, 0.15) is 0 Å². The van der Waals surface area contributed by atoms with Gasteiger partial charge in [0.15, 0.2) is 5.84 Å². The summed E-state index contributed by atoms with van der Waals surface area (Å²) in [6.45, 7) is 2.88. The Morgan fingerprint density at radius 1 is 1.47 bits per heavy atom. The van der Waals surface area contributed by atoms with Crippen molar-refractivity contribution in [3.05, 3.63) is 0 Å². The zero-order valence-electron chi connectivity index (χ0n) is 10.0. The first-order valence-corrected chi connectivity index (χ1v) is 6.14. The molecule has 0 aromatic carbocycles. The molecule has 0 radical (unpaired) electrons. The normalized spacial score (nSPS) is 30.6. The summed E-state index contributed by atoms with van der Waals surface area (Å²) in [5.74, 6) is 0.241. The maximum atomic E-state index is 9.71. The zero-order chi connectivity index (χ0) is 12.3. The lowest BCUT2D eigenvalue weighted by Crippen LogP contribution is -2.51. The van der Waals surface area contributed by atoms with Crippen molar-refractivity contribution in [2.24, 2.45) is 10.9 Å². The number of oxime groups is 1. The molecule has 2 aliphatic heterocycles. The van der Waals surface area contributed by atoms with Crippen LogP contribution in [0.1, 0.15) is 25.7 Å². The Morgan fingerprint density at radius 3 is 2.76 bits per heavy atom. The number of piperidine rings is 1. The van der Waals surface area contributed by atoms with E-state index in [0.717, 1.165) is 38.8 Å². The van der Waals surface area contributed by atoms with E-state index in [0.29, 0.717) is 13.2 Å². The molecule has 0 saturated carbocycles. The number of rotatable bonds is 2. The van der Waals surface area contributed by atoms with Gasteiger partial charge in [-0.25, -0.2) is 0 Å². The van der Waals surface area contributed by atoms with Crippen LogP contribution in [0.25, 0.3) is 0 Å². The van der Waals surface area contributed by atoms with Crippen LogP contribution in [0.2, 0.25) is 0 Å². The lowest BCUT2D eigenvalue weighted by Gasteiger charge is -2.45. The molecular formula is C11H21N3O3. The Balaban J connectivity index is 1.84. The first-order valence-electron chi connectivity index (χ1n) is 6.14. The predicted molar refractivity (Wildman–Crippen MR) is 63.0 cm³/mol. The van der Waals surface area contributed by atoms with Crippen LogP contribution >= 0.6 is 0 Å². The van der Waals surface area contributed by atoms with Gasteiger partial charge in [0.25, 0.3) is 0 Å². The van der Waals surface area contributed by atoms with Gasteiger partial charge in [-0.15, -0.1) is 0 Å². The minimum absolute atomic E-state index is 0.140. The van der Waals surface area contributed by atoms with Crippen molar-refractivity contribution in [2.45, 2.75) is 37.4 Å². The Morgan fingerprint density at radius 2 is 2.18 bits per heavy atom. The highest BCUT2D eigenvalue weighted by Crippen LogP contribution is 2.34. The highest BCUT2D eigenvalue weighted by Gasteiger charge is 2.39. The third kappa shape index (κ3) is 3.08. The second-order valence-electron chi connectivity index (χ2n) is 5.05. The monoisotopic (exact) mass is 243 g/mol. The number of hydrogen-bond acceptors (Lipinski definition) is 5. The van der Waals surface area contributed by atoms with E-state index in [1.807, 2.05) is 0 Å². The smallest absolute Gasteiger partial charge is 0.153 e. The van der Waals surface area contributed by atoms with Crippen molar-refractivity contribution in [3.8, 4) is 0 Å². The number of amidine groups is 1. The molecule has 6 heteroatoms. The topological polar surface area (TPSA) is 91.3 Å². The molecule has 2 fully saturated rings. The van der Waals surface area contributed by atoms with Crippen molar-refractivity contribution in [1.82, 2.24) is 4.90 Å². The standard InChI is InChI=1S/C11H21N3O3/c12-10(13-16)8-14-4-2-11(3-5-14)7-9(15)1-6-17-11/h9,15-16H,1-8H2,(H2,12,13)/t9-/m1/s1. The quantitative estimate of drug-likeness (QED) is 0.269. The zero-order valence-corrected chi connectivity index (χ0v) is 10.0. The van der Waals surface area contributed by atoms with E-state index < -0.39 is 0 Å². The maximum Gasteiger partial charge on any atom is 0.153 e. The van der Waals surface area contributed by atoms with E-state index >= 15 is 0 Å². The van der Waals surface area contributed by atoms with Gasteiger partial charge in [-0.3, -0.25) is 4.90 Å². The van der Waals surface area contributed by atoms with Gasteiger partial charge in [-0.05, 0) is 19.3 Å². The van der Waals surface area contributed by atoms with E-state index in [9.17, 15) is 5.11 Å². The van der Waals surface area contributed by atoms with Crippen LogP contribution in [0, 0.1) is 0 Å². The highest BCUT2D eigenvalue weighted by atomic mass is 16.5.